The zero-order chi connectivity index (χ0) is 17.7. The number of hydrogen-bond acceptors (Lipinski definition) is 3. The van der Waals surface area contributed by atoms with Crippen LogP contribution in [0.5, 0.6) is 0 Å². The van der Waals surface area contributed by atoms with E-state index in [1.165, 1.54) is 23.1 Å². The van der Waals surface area contributed by atoms with Gasteiger partial charge in [0.05, 0.1) is 11.7 Å². The van der Waals surface area contributed by atoms with Crippen LogP contribution < -0.4 is 11.5 Å². The molecule has 2 aromatic carbocycles. The second kappa shape index (κ2) is 5.93. The van der Waals surface area contributed by atoms with Crippen molar-refractivity contribution in [2.45, 2.75) is 49.6 Å². The minimum atomic E-state index is 0.00482. The first kappa shape index (κ1) is 16.0. The maximum Gasteiger partial charge on any atom is 0.0656 e. The summed E-state index contributed by atoms with van der Waals surface area (Å²) in [5, 5.41) is 8.29. The number of aromatic nitrogens is 2. The Morgan fingerprint density at radius 1 is 1.00 bits per heavy atom. The lowest BCUT2D eigenvalue weighted by atomic mass is 9.76. The van der Waals surface area contributed by atoms with Crippen LogP contribution in [0, 0.1) is 5.92 Å². The molecule has 4 nitrogen and oxygen atoms in total. The fourth-order valence-corrected chi connectivity index (χ4v) is 4.79. The van der Waals surface area contributed by atoms with Crippen LogP contribution in [0.15, 0.2) is 48.7 Å². The minimum Gasteiger partial charge on any atom is -0.328 e. The van der Waals surface area contributed by atoms with Gasteiger partial charge in [-0.05, 0) is 66.7 Å². The Kier molecular flexibility index (Phi) is 3.66. The Morgan fingerprint density at radius 2 is 1.73 bits per heavy atom. The van der Waals surface area contributed by atoms with Gasteiger partial charge < -0.3 is 11.5 Å². The zero-order valence-electron chi connectivity index (χ0n) is 15.0. The van der Waals surface area contributed by atoms with Crippen molar-refractivity contribution in [1.29, 1.82) is 0 Å². The first-order chi connectivity index (χ1) is 12.6. The number of rotatable bonds is 3. The number of nitrogens with one attached hydrogen (secondary N) is 1. The lowest BCUT2D eigenvalue weighted by Gasteiger charge is -2.36. The van der Waals surface area contributed by atoms with Gasteiger partial charge in [0.1, 0.15) is 0 Å². The molecular formula is C22H26N4. The van der Waals surface area contributed by atoms with Gasteiger partial charge in [-0.3, -0.25) is 5.10 Å². The fourth-order valence-electron chi connectivity index (χ4n) is 4.79. The van der Waals surface area contributed by atoms with E-state index in [2.05, 4.69) is 52.7 Å². The van der Waals surface area contributed by atoms with Crippen molar-refractivity contribution in [3.05, 3.63) is 54.2 Å². The number of fused-ring (bicyclic) bond motifs is 1. The Bertz CT molecular complexity index is 919. The Hall–Kier alpha value is -2.17. The summed E-state index contributed by atoms with van der Waals surface area (Å²) in [6, 6.07) is 15.8. The summed E-state index contributed by atoms with van der Waals surface area (Å²) in [5.41, 5.74) is 17.8. The summed E-state index contributed by atoms with van der Waals surface area (Å²) in [6.07, 6.45) is 7.40. The first-order valence-corrected chi connectivity index (χ1v) is 9.70. The molecule has 1 aromatic heterocycles. The Labute approximate surface area is 154 Å². The summed E-state index contributed by atoms with van der Waals surface area (Å²) in [5.74, 6) is 1.25. The van der Waals surface area contributed by atoms with E-state index in [9.17, 15) is 0 Å². The largest absolute Gasteiger partial charge is 0.328 e. The van der Waals surface area contributed by atoms with Crippen LogP contribution in [0.1, 0.15) is 43.6 Å². The number of H-pyrrole nitrogens is 1. The molecule has 0 spiro atoms. The molecule has 0 unspecified atom stereocenters. The first-order valence-electron chi connectivity index (χ1n) is 9.70. The van der Waals surface area contributed by atoms with Crippen molar-refractivity contribution in [2.75, 3.05) is 0 Å². The molecule has 2 aliphatic rings. The molecule has 2 saturated carbocycles. The van der Waals surface area contributed by atoms with Gasteiger partial charge in [-0.2, -0.15) is 5.10 Å². The summed E-state index contributed by atoms with van der Waals surface area (Å²) < 4.78 is 0. The van der Waals surface area contributed by atoms with Gasteiger partial charge in [0.2, 0.25) is 0 Å². The SMILES string of the molecule is NC1CCC(N)([C@@H]2C[C@H]2c2ccc(-c3ccc4cn[nH]c4c3)cc2)CC1. The number of benzene rings is 2. The molecule has 3 aromatic rings. The summed E-state index contributed by atoms with van der Waals surface area (Å²) in [4.78, 5) is 0. The van der Waals surface area contributed by atoms with Gasteiger partial charge in [-0.1, -0.05) is 36.4 Å². The molecule has 0 radical (unpaired) electrons. The Morgan fingerprint density at radius 3 is 2.50 bits per heavy atom. The number of nitrogens with two attached hydrogens (primary N) is 2. The molecular weight excluding hydrogens is 320 g/mol. The van der Waals surface area contributed by atoms with Crippen LogP contribution in [-0.2, 0) is 0 Å². The Balaban J connectivity index is 1.33. The molecule has 4 heteroatoms. The van der Waals surface area contributed by atoms with E-state index in [4.69, 9.17) is 11.5 Å². The van der Waals surface area contributed by atoms with E-state index in [-0.39, 0.29) is 5.54 Å². The molecule has 2 fully saturated rings. The molecule has 0 aliphatic heterocycles. The van der Waals surface area contributed by atoms with Crippen molar-refractivity contribution in [3.8, 4) is 11.1 Å². The highest BCUT2D eigenvalue weighted by Gasteiger charge is 2.51. The number of aromatic amines is 1. The average molecular weight is 346 g/mol. The van der Waals surface area contributed by atoms with Crippen LogP contribution in [0.4, 0.5) is 0 Å². The smallest absolute Gasteiger partial charge is 0.0656 e. The lowest BCUT2D eigenvalue weighted by molar-refractivity contribution is 0.239. The standard InChI is InChI=1S/C22H26N4/c23-18-7-9-22(24,10-8-18)20-12-19(20)15-3-1-14(2-4-15)16-5-6-17-13-25-26-21(17)11-16/h1-6,11,13,18-20H,7-10,12,23-24H2,(H,25,26)/t18?,19-,20+,22?/m0/s1. The van der Waals surface area contributed by atoms with Crippen molar-refractivity contribution in [1.82, 2.24) is 10.2 Å². The van der Waals surface area contributed by atoms with Crippen molar-refractivity contribution in [3.63, 3.8) is 0 Å². The highest BCUT2D eigenvalue weighted by atomic mass is 15.1. The average Bonchev–Trinajstić information content (AvgIpc) is 3.35. The van der Waals surface area contributed by atoms with Gasteiger partial charge in [0, 0.05) is 17.0 Å². The second-order valence-electron chi connectivity index (χ2n) is 8.31. The predicted molar refractivity (Wildman–Crippen MR) is 106 cm³/mol. The third-order valence-electron chi connectivity index (χ3n) is 6.60. The van der Waals surface area contributed by atoms with Crippen molar-refractivity contribution >= 4 is 10.9 Å². The van der Waals surface area contributed by atoms with Gasteiger partial charge in [0.25, 0.3) is 0 Å². The predicted octanol–water partition coefficient (Wildman–Crippen LogP) is 3.93. The van der Waals surface area contributed by atoms with Crippen LogP contribution in [-0.4, -0.2) is 21.8 Å². The van der Waals surface area contributed by atoms with E-state index >= 15 is 0 Å². The van der Waals surface area contributed by atoms with Gasteiger partial charge in [0.15, 0.2) is 0 Å². The lowest BCUT2D eigenvalue weighted by Crippen LogP contribution is -2.48. The molecule has 5 rings (SSSR count). The maximum absolute atomic E-state index is 6.75. The van der Waals surface area contributed by atoms with Gasteiger partial charge >= 0.3 is 0 Å². The van der Waals surface area contributed by atoms with Gasteiger partial charge in [-0.25, -0.2) is 0 Å². The van der Waals surface area contributed by atoms with Crippen molar-refractivity contribution in [2.24, 2.45) is 17.4 Å². The second-order valence-corrected chi connectivity index (χ2v) is 8.31. The minimum absolute atomic E-state index is 0.00482. The van der Waals surface area contributed by atoms with Crippen LogP contribution in [0.2, 0.25) is 0 Å². The molecule has 2 atom stereocenters. The molecule has 134 valence electrons. The zero-order valence-corrected chi connectivity index (χ0v) is 15.0. The van der Waals surface area contributed by atoms with E-state index in [0.29, 0.717) is 17.9 Å². The molecule has 26 heavy (non-hydrogen) atoms. The summed E-state index contributed by atoms with van der Waals surface area (Å²) in [6.45, 7) is 0. The molecule has 0 bridgehead atoms. The van der Waals surface area contributed by atoms with Gasteiger partial charge in [-0.15, -0.1) is 0 Å². The quantitative estimate of drug-likeness (QED) is 0.672. The highest BCUT2D eigenvalue weighted by molar-refractivity contribution is 5.83. The number of hydrogen-bond donors (Lipinski definition) is 3. The van der Waals surface area contributed by atoms with Crippen LogP contribution in [0.25, 0.3) is 22.0 Å². The third-order valence-corrected chi connectivity index (χ3v) is 6.60. The molecule has 0 amide bonds. The van der Waals surface area contributed by atoms with E-state index in [1.54, 1.807) is 0 Å². The molecule has 0 saturated heterocycles. The molecule has 1 heterocycles. The third kappa shape index (κ3) is 2.74. The topological polar surface area (TPSA) is 80.7 Å². The highest BCUT2D eigenvalue weighted by Crippen LogP contribution is 2.56. The van der Waals surface area contributed by atoms with E-state index in [0.717, 1.165) is 36.6 Å². The van der Waals surface area contributed by atoms with Crippen LogP contribution in [0.3, 0.4) is 0 Å². The normalized spacial score (nSPS) is 31.2. The van der Waals surface area contributed by atoms with Crippen LogP contribution >= 0.6 is 0 Å². The molecule has 5 N–H and O–H groups in total. The fraction of sp³-hybridized carbons (Fsp3) is 0.409. The maximum atomic E-state index is 6.75. The summed E-state index contributed by atoms with van der Waals surface area (Å²) >= 11 is 0. The van der Waals surface area contributed by atoms with E-state index in [1.807, 2.05) is 6.20 Å². The number of nitrogens with zero attached hydrogens (tertiary/aromatic N) is 1. The van der Waals surface area contributed by atoms with Crippen molar-refractivity contribution < 1.29 is 0 Å². The monoisotopic (exact) mass is 346 g/mol. The van der Waals surface area contributed by atoms with E-state index < -0.39 is 0 Å². The summed E-state index contributed by atoms with van der Waals surface area (Å²) in [7, 11) is 0. The molecule has 2 aliphatic carbocycles.